The van der Waals surface area contributed by atoms with Crippen LogP contribution < -0.4 is 0 Å². The summed E-state index contributed by atoms with van der Waals surface area (Å²) in [5.41, 5.74) is 0.821. The highest BCUT2D eigenvalue weighted by molar-refractivity contribution is 8.26. The van der Waals surface area contributed by atoms with E-state index in [0.717, 1.165) is 17.3 Å². The van der Waals surface area contributed by atoms with Gasteiger partial charge < -0.3 is 5.11 Å². The number of nitrogens with zero attached hydrogens (tertiary/aromatic N) is 2. The van der Waals surface area contributed by atoms with Crippen molar-refractivity contribution in [2.24, 2.45) is 5.92 Å². The molecule has 0 saturated carbocycles. The van der Waals surface area contributed by atoms with Gasteiger partial charge in [-0.2, -0.15) is 0 Å². The fourth-order valence-corrected chi connectivity index (χ4v) is 3.35. The quantitative estimate of drug-likeness (QED) is 0.678. The van der Waals surface area contributed by atoms with Crippen LogP contribution in [0.15, 0.2) is 29.4 Å². The van der Waals surface area contributed by atoms with E-state index in [-0.39, 0.29) is 16.1 Å². The molecule has 1 saturated heterocycles. The summed E-state index contributed by atoms with van der Waals surface area (Å²) in [7, 11) is 0. The van der Waals surface area contributed by atoms with Crippen molar-refractivity contribution < 1.29 is 14.7 Å². The molecule has 110 valence electrons. The Hall–Kier alpha value is -1.73. The zero-order chi connectivity index (χ0) is 15.6. The van der Waals surface area contributed by atoms with E-state index in [1.807, 2.05) is 0 Å². The van der Waals surface area contributed by atoms with Crippen molar-refractivity contribution in [3.63, 3.8) is 0 Å². The molecule has 21 heavy (non-hydrogen) atoms. The highest BCUT2D eigenvalue weighted by Gasteiger charge is 2.41. The van der Waals surface area contributed by atoms with Gasteiger partial charge in [-0.05, 0) is 29.7 Å². The molecule has 7 heteroatoms. The Labute approximate surface area is 132 Å². The summed E-state index contributed by atoms with van der Waals surface area (Å²) in [5, 5.41) is 9.33. The lowest BCUT2D eigenvalue weighted by Gasteiger charge is -2.26. The van der Waals surface area contributed by atoms with Crippen LogP contribution in [0.5, 0.6) is 0 Å². The number of thiocarbonyl (C=S) groups is 1. The van der Waals surface area contributed by atoms with Crippen LogP contribution in [0.3, 0.4) is 0 Å². The minimum atomic E-state index is -1.05. The van der Waals surface area contributed by atoms with Crippen molar-refractivity contribution in [1.82, 2.24) is 9.88 Å². The Kier molecular flexibility index (Phi) is 4.74. The first-order chi connectivity index (χ1) is 9.91. The molecule has 1 aromatic rings. The second-order valence-electron chi connectivity index (χ2n) is 4.86. The van der Waals surface area contributed by atoms with Crippen LogP contribution in [0.4, 0.5) is 0 Å². The van der Waals surface area contributed by atoms with E-state index in [4.69, 9.17) is 12.2 Å². The first-order valence-electron chi connectivity index (χ1n) is 6.31. The van der Waals surface area contributed by atoms with E-state index in [1.165, 1.54) is 4.90 Å². The van der Waals surface area contributed by atoms with Gasteiger partial charge in [-0.15, -0.1) is 0 Å². The van der Waals surface area contributed by atoms with Gasteiger partial charge in [0, 0.05) is 12.4 Å². The van der Waals surface area contributed by atoms with Gasteiger partial charge in [-0.1, -0.05) is 37.8 Å². The van der Waals surface area contributed by atoms with E-state index in [0.29, 0.717) is 4.91 Å². The number of carbonyl (C=O) groups is 2. The maximum Gasteiger partial charge on any atom is 0.327 e. The van der Waals surface area contributed by atoms with Crippen LogP contribution in [-0.2, 0) is 9.59 Å². The number of hydrogen-bond acceptors (Lipinski definition) is 5. The van der Waals surface area contributed by atoms with Gasteiger partial charge in [0.1, 0.15) is 10.4 Å². The SMILES string of the molecule is CC(C)C(C(=O)O)N1C(=O)/C(=C/c2ccncc2)SC1=S. The number of thioether (sulfide) groups is 1. The van der Waals surface area contributed by atoms with Crippen LogP contribution in [0.2, 0.25) is 0 Å². The molecule has 5 nitrogen and oxygen atoms in total. The molecule has 1 fully saturated rings. The van der Waals surface area contributed by atoms with Gasteiger partial charge in [-0.3, -0.25) is 14.7 Å². The van der Waals surface area contributed by atoms with Crippen LogP contribution in [0.25, 0.3) is 6.08 Å². The molecule has 1 atom stereocenters. The summed E-state index contributed by atoms with van der Waals surface area (Å²) < 4.78 is 0.279. The monoisotopic (exact) mass is 322 g/mol. The minimum absolute atomic E-state index is 0.231. The van der Waals surface area contributed by atoms with E-state index in [9.17, 15) is 14.7 Å². The van der Waals surface area contributed by atoms with Gasteiger partial charge >= 0.3 is 5.97 Å². The maximum atomic E-state index is 12.4. The largest absolute Gasteiger partial charge is 0.480 e. The Morgan fingerprint density at radius 2 is 2.05 bits per heavy atom. The van der Waals surface area contributed by atoms with E-state index < -0.39 is 12.0 Å². The van der Waals surface area contributed by atoms with Crippen molar-refractivity contribution in [3.8, 4) is 0 Å². The summed E-state index contributed by atoms with van der Waals surface area (Å²) in [6.45, 7) is 3.51. The number of rotatable bonds is 4. The molecule has 1 N–H and O–H groups in total. The third-order valence-electron chi connectivity index (χ3n) is 2.99. The number of pyridine rings is 1. The van der Waals surface area contributed by atoms with Gasteiger partial charge in [0.05, 0.1) is 4.91 Å². The smallest absolute Gasteiger partial charge is 0.327 e. The Morgan fingerprint density at radius 3 is 2.57 bits per heavy atom. The van der Waals surface area contributed by atoms with Crippen LogP contribution in [-0.4, -0.2) is 37.2 Å². The number of carboxylic acid groups (broad SMARTS) is 1. The van der Waals surface area contributed by atoms with E-state index >= 15 is 0 Å². The highest BCUT2D eigenvalue weighted by atomic mass is 32.2. The van der Waals surface area contributed by atoms with E-state index in [2.05, 4.69) is 4.98 Å². The molecule has 0 radical (unpaired) electrons. The molecule has 0 aromatic carbocycles. The zero-order valence-corrected chi connectivity index (χ0v) is 13.1. The molecular weight excluding hydrogens is 308 g/mol. The molecule has 1 aliphatic heterocycles. The topological polar surface area (TPSA) is 70.5 Å². The third-order valence-corrected chi connectivity index (χ3v) is 4.32. The van der Waals surface area contributed by atoms with Crippen LogP contribution in [0, 0.1) is 5.92 Å². The standard InChI is InChI=1S/C14H14N2O3S2/c1-8(2)11(13(18)19)16-12(17)10(21-14(16)20)7-9-3-5-15-6-4-9/h3-8,11H,1-2H3,(H,18,19)/b10-7-. The predicted molar refractivity (Wildman–Crippen MR) is 85.5 cm³/mol. The Balaban J connectivity index is 2.32. The molecular formula is C14H14N2O3S2. The van der Waals surface area contributed by atoms with Gasteiger partial charge in [0.25, 0.3) is 5.91 Å². The zero-order valence-electron chi connectivity index (χ0n) is 11.5. The van der Waals surface area contributed by atoms with Crippen LogP contribution >= 0.6 is 24.0 Å². The molecule has 0 aliphatic carbocycles. The first-order valence-corrected chi connectivity index (χ1v) is 7.54. The minimum Gasteiger partial charge on any atom is -0.480 e. The second-order valence-corrected chi connectivity index (χ2v) is 6.54. The molecule has 2 heterocycles. The fraction of sp³-hybridized carbons (Fsp3) is 0.286. The lowest BCUT2D eigenvalue weighted by atomic mass is 10.0. The summed E-state index contributed by atoms with van der Waals surface area (Å²) in [6, 6.07) is 2.59. The number of hydrogen-bond donors (Lipinski definition) is 1. The number of aliphatic carboxylic acids is 1. The molecule has 2 rings (SSSR count). The Morgan fingerprint density at radius 1 is 1.43 bits per heavy atom. The van der Waals surface area contributed by atoms with Crippen molar-refractivity contribution in [2.75, 3.05) is 0 Å². The van der Waals surface area contributed by atoms with Crippen LogP contribution in [0.1, 0.15) is 19.4 Å². The van der Waals surface area contributed by atoms with Crippen molar-refractivity contribution in [1.29, 1.82) is 0 Å². The lowest BCUT2D eigenvalue weighted by Crippen LogP contribution is -2.47. The molecule has 1 aliphatic rings. The molecule has 0 bridgehead atoms. The second kappa shape index (κ2) is 6.36. The van der Waals surface area contributed by atoms with Gasteiger partial charge in [-0.25, -0.2) is 4.79 Å². The molecule has 0 spiro atoms. The average molecular weight is 322 g/mol. The van der Waals surface area contributed by atoms with Crippen molar-refractivity contribution in [2.45, 2.75) is 19.9 Å². The van der Waals surface area contributed by atoms with Gasteiger partial charge in [0.15, 0.2) is 0 Å². The number of amides is 1. The molecule has 1 unspecified atom stereocenters. The lowest BCUT2D eigenvalue weighted by molar-refractivity contribution is -0.146. The van der Waals surface area contributed by atoms with Gasteiger partial charge in [0.2, 0.25) is 0 Å². The Bertz CT molecular complexity index is 614. The maximum absolute atomic E-state index is 12.4. The summed E-state index contributed by atoms with van der Waals surface area (Å²) in [5.74, 6) is -1.64. The van der Waals surface area contributed by atoms with Crippen molar-refractivity contribution >= 4 is 46.3 Å². The first kappa shape index (κ1) is 15.7. The normalized spacial score (nSPS) is 18.6. The number of carbonyl (C=O) groups excluding carboxylic acids is 1. The summed E-state index contributed by atoms with van der Waals surface area (Å²) in [4.78, 5) is 29.4. The summed E-state index contributed by atoms with van der Waals surface area (Å²) >= 11 is 6.30. The predicted octanol–water partition coefficient (Wildman–Crippen LogP) is 2.39. The third kappa shape index (κ3) is 3.30. The summed E-state index contributed by atoms with van der Waals surface area (Å²) in [6.07, 6.45) is 4.95. The highest BCUT2D eigenvalue weighted by Crippen LogP contribution is 2.35. The molecule has 1 amide bonds. The van der Waals surface area contributed by atoms with E-state index in [1.54, 1.807) is 44.4 Å². The number of aromatic nitrogens is 1. The average Bonchev–Trinajstić information content (AvgIpc) is 2.67. The fourth-order valence-electron chi connectivity index (χ4n) is 2.02. The number of carboxylic acids is 1. The van der Waals surface area contributed by atoms with Crippen molar-refractivity contribution in [3.05, 3.63) is 35.0 Å². The molecule has 1 aromatic heterocycles.